The van der Waals surface area contributed by atoms with Crippen LogP contribution in [-0.2, 0) is 23.8 Å². The minimum absolute atomic E-state index is 0.0306. The topological polar surface area (TPSA) is 179 Å². The molecule has 0 heterocycles. The Morgan fingerprint density at radius 2 is 1.76 bits per heavy atom. The van der Waals surface area contributed by atoms with Gasteiger partial charge < -0.3 is 30.6 Å². The summed E-state index contributed by atoms with van der Waals surface area (Å²) in [5.41, 5.74) is -2.77. The van der Waals surface area contributed by atoms with E-state index in [2.05, 4.69) is 10.6 Å². The lowest BCUT2D eigenvalue weighted by Crippen LogP contribution is -2.47. The zero-order valence-electron chi connectivity index (χ0n) is 18.3. The Kier molecular flexibility index (Phi) is 11.3. The van der Waals surface area contributed by atoms with E-state index in [1.165, 1.54) is 18.2 Å². The number of benzene rings is 1. The van der Waals surface area contributed by atoms with E-state index >= 15 is 0 Å². The molecule has 2 atom stereocenters. The largest absolute Gasteiger partial charge is 0.536 e. The molecule has 0 spiro atoms. The first-order chi connectivity index (χ1) is 15.7. The van der Waals surface area contributed by atoms with Crippen molar-refractivity contribution in [3.05, 3.63) is 33.8 Å². The highest BCUT2D eigenvalue weighted by Crippen LogP contribution is 2.20. The maximum atomic E-state index is 12.3. The van der Waals surface area contributed by atoms with Gasteiger partial charge in [-0.25, -0.2) is 4.79 Å². The molecule has 0 aliphatic carbocycles. The quantitative estimate of drug-likeness (QED) is 0.239. The molecule has 14 heteroatoms. The molecule has 1 aromatic rings. The summed E-state index contributed by atoms with van der Waals surface area (Å²) in [6, 6.07) is 4.28. The number of amides is 2. The van der Waals surface area contributed by atoms with Gasteiger partial charge in [-0.15, -0.1) is 0 Å². The minimum Gasteiger partial charge on any atom is -0.536 e. The van der Waals surface area contributed by atoms with Crippen molar-refractivity contribution in [1.29, 1.82) is 0 Å². The van der Waals surface area contributed by atoms with Gasteiger partial charge in [-0.1, -0.05) is 37.0 Å². The molecule has 1 rings (SSSR count). The maximum absolute atomic E-state index is 12.3. The molecular weight excluding hydrogens is 494 g/mol. The van der Waals surface area contributed by atoms with Gasteiger partial charge in [0.2, 0.25) is 5.91 Å². The summed E-state index contributed by atoms with van der Waals surface area (Å²) in [5, 5.41) is 33.0. The van der Waals surface area contributed by atoms with E-state index in [0.717, 1.165) is 7.48 Å². The summed E-state index contributed by atoms with van der Waals surface area (Å²) < 4.78 is 4.84. The second-order valence-electron chi connectivity index (χ2n) is 7.82. The number of carbonyl (C=O) groups excluding carboxylic acids is 3. The lowest BCUT2D eigenvalue weighted by atomic mass is 9.81. The summed E-state index contributed by atoms with van der Waals surface area (Å²) in [6.45, 7) is 3.22. The minimum atomic E-state index is -2.85. The van der Waals surface area contributed by atoms with Crippen molar-refractivity contribution >= 4 is 60.4 Å². The van der Waals surface area contributed by atoms with Crippen LogP contribution in [0.1, 0.15) is 43.5 Å². The summed E-state index contributed by atoms with van der Waals surface area (Å²) in [7, 11) is 0.943. The molecule has 0 saturated carbocycles. The van der Waals surface area contributed by atoms with Crippen LogP contribution < -0.4 is 10.6 Å². The Morgan fingerprint density at radius 1 is 1.12 bits per heavy atom. The normalized spacial score (nSPS) is 13.4. The van der Waals surface area contributed by atoms with Crippen molar-refractivity contribution in [2.45, 2.75) is 44.7 Å². The van der Waals surface area contributed by atoms with Gasteiger partial charge in [0.1, 0.15) is 0 Å². The number of carboxylic acids is 2. The van der Waals surface area contributed by atoms with Crippen LogP contribution in [0.2, 0.25) is 10.0 Å². The van der Waals surface area contributed by atoms with Crippen molar-refractivity contribution in [3.8, 4) is 0 Å². The molecule has 2 amide bonds. The van der Waals surface area contributed by atoms with Crippen LogP contribution >= 0.6 is 23.2 Å². The molecule has 0 aliphatic rings. The molecule has 185 valence electrons. The lowest BCUT2D eigenvalue weighted by Gasteiger charge is -2.22. The van der Waals surface area contributed by atoms with Gasteiger partial charge >= 0.3 is 19.4 Å². The molecule has 0 fully saturated rings. The Labute approximate surface area is 206 Å². The molecule has 1 aromatic carbocycles. The molecule has 0 bridgehead atoms. The number of hydrogen-bond donors (Lipinski definition) is 5. The Bertz CT molecular complexity index is 945. The second-order valence-corrected chi connectivity index (χ2v) is 8.66. The predicted octanol–water partition coefficient (Wildman–Crippen LogP) is 1.05. The number of aliphatic hydroxyl groups is 1. The summed E-state index contributed by atoms with van der Waals surface area (Å²) >= 11 is 11.8. The number of carboxylic acid groups (broad SMARTS) is 2. The zero-order chi connectivity index (χ0) is 26.1. The van der Waals surface area contributed by atoms with Crippen molar-refractivity contribution in [2.24, 2.45) is 5.92 Å². The van der Waals surface area contributed by atoms with Crippen LogP contribution in [0.3, 0.4) is 0 Å². The molecule has 34 heavy (non-hydrogen) atoms. The number of rotatable bonds is 13. The van der Waals surface area contributed by atoms with E-state index in [0.29, 0.717) is 6.42 Å². The highest BCUT2D eigenvalue weighted by molar-refractivity contribution is 6.36. The van der Waals surface area contributed by atoms with Gasteiger partial charge in [-0.3, -0.25) is 19.2 Å². The smallest absolute Gasteiger partial charge is 0.398 e. The fourth-order valence-corrected chi connectivity index (χ4v) is 3.12. The van der Waals surface area contributed by atoms with E-state index < -0.39 is 60.7 Å². The summed E-state index contributed by atoms with van der Waals surface area (Å²) in [4.78, 5) is 58.4. The predicted molar refractivity (Wildman–Crippen MR) is 121 cm³/mol. The van der Waals surface area contributed by atoms with E-state index in [1.54, 1.807) is 0 Å². The first kappa shape index (κ1) is 29.2. The molecule has 0 aliphatic heterocycles. The summed E-state index contributed by atoms with van der Waals surface area (Å²) in [6.07, 6.45) is -2.02. The van der Waals surface area contributed by atoms with E-state index in [9.17, 15) is 29.1 Å². The molecule has 0 aromatic heterocycles. The van der Waals surface area contributed by atoms with Crippen LogP contribution in [0.15, 0.2) is 18.2 Å². The van der Waals surface area contributed by atoms with Gasteiger partial charge in [0.25, 0.3) is 11.9 Å². The standard InChI is InChI=1S/C20H24BCl2N2O9/c1-10(2)5-14(21-34-17(29)8-20(33,19(31)32)7-16(27)28)25-15(26)9-24-18(30)12-6-11(22)3-4-13(12)23/h3-4,6,10,14,33H,5,7-9H2,1-2H3,(H,24,30)(H,25,26)(H,27,28)(H,31,32)/t14-,20?/m0/s1. The number of hydrogen-bond acceptors (Lipinski definition) is 7. The number of aliphatic carboxylic acids is 2. The number of nitrogens with one attached hydrogen (secondary N) is 2. The third-order valence-corrected chi connectivity index (χ3v) is 4.86. The van der Waals surface area contributed by atoms with Gasteiger partial charge in [0.05, 0.1) is 30.0 Å². The van der Waals surface area contributed by atoms with Crippen molar-refractivity contribution < 1.29 is 43.9 Å². The third kappa shape index (κ3) is 9.98. The third-order valence-electron chi connectivity index (χ3n) is 4.30. The van der Waals surface area contributed by atoms with Crippen molar-refractivity contribution in [1.82, 2.24) is 10.6 Å². The number of halogens is 2. The monoisotopic (exact) mass is 517 g/mol. The van der Waals surface area contributed by atoms with Gasteiger partial charge in [-0.2, -0.15) is 0 Å². The Hall–Kier alpha value is -2.83. The van der Waals surface area contributed by atoms with Gasteiger partial charge in [-0.05, 0) is 30.5 Å². The van der Waals surface area contributed by atoms with Gasteiger partial charge in [0.15, 0.2) is 5.60 Å². The summed E-state index contributed by atoms with van der Waals surface area (Å²) in [5.74, 6) is -6.77. The molecule has 11 nitrogen and oxygen atoms in total. The molecule has 0 saturated heterocycles. The fourth-order valence-electron chi connectivity index (χ4n) is 2.74. The average Bonchev–Trinajstić information content (AvgIpc) is 2.70. The maximum Gasteiger partial charge on any atom is 0.398 e. The van der Waals surface area contributed by atoms with Crippen LogP contribution in [-0.4, -0.2) is 70.6 Å². The SMILES string of the molecule is CC(C)C[C@@H]([B]OC(=O)CC(O)(CC(=O)O)C(=O)O)NC(=O)CNC(=O)c1cc(Cl)ccc1Cl. The van der Waals surface area contributed by atoms with E-state index in [4.69, 9.17) is 38.1 Å². The first-order valence-corrected chi connectivity index (χ1v) is 10.7. The van der Waals surface area contributed by atoms with E-state index in [1.807, 2.05) is 13.8 Å². The fraction of sp³-hybridized carbons (Fsp3) is 0.450. The Balaban J connectivity index is 2.68. The van der Waals surface area contributed by atoms with Crippen LogP contribution in [0.4, 0.5) is 0 Å². The zero-order valence-corrected chi connectivity index (χ0v) is 19.9. The number of carbonyl (C=O) groups is 5. The highest BCUT2D eigenvalue weighted by atomic mass is 35.5. The van der Waals surface area contributed by atoms with Crippen LogP contribution in [0.5, 0.6) is 0 Å². The van der Waals surface area contributed by atoms with Crippen molar-refractivity contribution in [3.63, 3.8) is 0 Å². The molecular formula is C20H24BCl2N2O9. The first-order valence-electron chi connectivity index (χ1n) is 9.96. The lowest BCUT2D eigenvalue weighted by molar-refractivity contribution is -0.169. The highest BCUT2D eigenvalue weighted by Gasteiger charge is 2.41. The van der Waals surface area contributed by atoms with Crippen molar-refractivity contribution in [2.75, 3.05) is 6.54 Å². The molecule has 1 radical (unpaired) electrons. The van der Waals surface area contributed by atoms with Crippen LogP contribution in [0, 0.1) is 5.92 Å². The average molecular weight is 518 g/mol. The molecule has 5 N–H and O–H groups in total. The molecule has 1 unspecified atom stereocenters. The Morgan fingerprint density at radius 3 is 2.32 bits per heavy atom. The van der Waals surface area contributed by atoms with E-state index in [-0.39, 0.29) is 21.5 Å². The second kappa shape index (κ2) is 13.2. The van der Waals surface area contributed by atoms with Crippen LogP contribution in [0.25, 0.3) is 0 Å². The van der Waals surface area contributed by atoms with Gasteiger partial charge in [0, 0.05) is 11.0 Å².